The van der Waals surface area contributed by atoms with E-state index in [0.717, 1.165) is 36.2 Å². The number of likely N-dealkylation sites (tertiary alicyclic amines) is 1. The summed E-state index contributed by atoms with van der Waals surface area (Å²) in [4.78, 5) is 14.5. The van der Waals surface area contributed by atoms with E-state index in [-0.39, 0.29) is 5.91 Å². The number of aryl methyl sites for hydroxylation is 1. The van der Waals surface area contributed by atoms with Crippen molar-refractivity contribution in [3.63, 3.8) is 0 Å². The van der Waals surface area contributed by atoms with Crippen LogP contribution >= 0.6 is 0 Å². The molecule has 112 valence electrons. The number of rotatable bonds is 2. The third kappa shape index (κ3) is 3.65. The van der Waals surface area contributed by atoms with Gasteiger partial charge in [0.25, 0.3) is 5.91 Å². The maximum atomic E-state index is 12.6. The molecule has 0 aliphatic carbocycles. The smallest absolute Gasteiger partial charge is 0.253 e. The Morgan fingerprint density at radius 3 is 2.81 bits per heavy atom. The highest BCUT2D eigenvalue weighted by Crippen LogP contribution is 2.25. The highest BCUT2D eigenvalue weighted by molar-refractivity contribution is 5.94. The lowest BCUT2D eigenvalue weighted by Gasteiger charge is -2.18. The molecular formula is C18H24N2O. The summed E-state index contributed by atoms with van der Waals surface area (Å²) in [5, 5.41) is 0. The van der Waals surface area contributed by atoms with Crippen LogP contribution in [0.15, 0.2) is 18.2 Å². The lowest BCUT2D eigenvalue weighted by molar-refractivity contribution is 0.0784. The number of hydrogen-bond donors (Lipinski definition) is 1. The van der Waals surface area contributed by atoms with Gasteiger partial charge in [-0.15, -0.1) is 0 Å². The minimum absolute atomic E-state index is 0.139. The van der Waals surface area contributed by atoms with Gasteiger partial charge >= 0.3 is 0 Å². The van der Waals surface area contributed by atoms with Crippen LogP contribution in [-0.2, 0) is 0 Å². The van der Waals surface area contributed by atoms with E-state index in [1.54, 1.807) is 0 Å². The topological polar surface area (TPSA) is 46.3 Å². The summed E-state index contributed by atoms with van der Waals surface area (Å²) in [7, 11) is 0. The number of benzene rings is 1. The first kappa shape index (κ1) is 15.6. The Kier molecular flexibility index (Phi) is 5.03. The average Bonchev–Trinajstić information content (AvgIpc) is 2.95. The number of nitrogens with two attached hydrogens (primary N) is 1. The first-order valence-electron chi connectivity index (χ1n) is 7.61. The van der Waals surface area contributed by atoms with Crippen molar-refractivity contribution in [2.24, 2.45) is 17.6 Å². The van der Waals surface area contributed by atoms with E-state index in [9.17, 15) is 4.79 Å². The monoisotopic (exact) mass is 284 g/mol. The fourth-order valence-electron chi connectivity index (χ4n) is 2.78. The van der Waals surface area contributed by atoms with Crippen LogP contribution in [0.4, 0.5) is 0 Å². The second kappa shape index (κ2) is 6.78. The molecule has 1 heterocycles. The van der Waals surface area contributed by atoms with Gasteiger partial charge in [0.1, 0.15) is 0 Å². The van der Waals surface area contributed by atoms with Gasteiger partial charge in [-0.2, -0.15) is 0 Å². The van der Waals surface area contributed by atoms with Crippen molar-refractivity contribution in [1.29, 1.82) is 0 Å². The highest BCUT2D eigenvalue weighted by atomic mass is 16.2. The summed E-state index contributed by atoms with van der Waals surface area (Å²) in [5.74, 6) is 7.29. The molecule has 1 atom stereocenters. The standard InChI is InChI=1S/C18H24N2O/c1-13(2)17-8-10-20(12-17)18(21)16-7-6-15(5-4-9-19)14(3)11-16/h6-7,11,13,17H,8-10,12,19H2,1-3H3. The van der Waals surface area contributed by atoms with Crippen LogP contribution in [0.3, 0.4) is 0 Å². The van der Waals surface area contributed by atoms with Gasteiger partial charge in [-0.05, 0) is 48.9 Å². The van der Waals surface area contributed by atoms with Gasteiger partial charge in [0.05, 0.1) is 6.54 Å². The molecule has 2 N–H and O–H groups in total. The number of amides is 1. The van der Waals surface area contributed by atoms with Gasteiger partial charge in [-0.1, -0.05) is 25.7 Å². The molecule has 1 saturated heterocycles. The molecule has 1 aromatic rings. The van der Waals surface area contributed by atoms with E-state index < -0.39 is 0 Å². The quantitative estimate of drug-likeness (QED) is 0.848. The Labute approximate surface area is 127 Å². The Balaban J connectivity index is 2.12. The van der Waals surface area contributed by atoms with Crippen molar-refractivity contribution in [1.82, 2.24) is 4.90 Å². The van der Waals surface area contributed by atoms with E-state index in [0.29, 0.717) is 18.4 Å². The Hall–Kier alpha value is -1.79. The Morgan fingerprint density at radius 2 is 2.24 bits per heavy atom. The summed E-state index contributed by atoms with van der Waals surface area (Å²) >= 11 is 0. The van der Waals surface area contributed by atoms with E-state index >= 15 is 0 Å². The van der Waals surface area contributed by atoms with Gasteiger partial charge in [-0.25, -0.2) is 0 Å². The second-order valence-corrected chi connectivity index (χ2v) is 6.08. The molecule has 1 aromatic carbocycles. The van der Waals surface area contributed by atoms with Gasteiger partial charge in [0, 0.05) is 24.2 Å². The number of hydrogen-bond acceptors (Lipinski definition) is 2. The summed E-state index contributed by atoms with van der Waals surface area (Å²) in [6.07, 6.45) is 1.11. The lowest BCUT2D eigenvalue weighted by atomic mass is 9.95. The van der Waals surface area contributed by atoms with Crippen LogP contribution in [0.5, 0.6) is 0 Å². The zero-order chi connectivity index (χ0) is 15.4. The SMILES string of the molecule is Cc1cc(C(=O)N2CCC(C(C)C)C2)ccc1C#CCN. The molecule has 0 bridgehead atoms. The third-order valence-corrected chi connectivity index (χ3v) is 4.25. The number of carbonyl (C=O) groups excluding carboxylic acids is 1. The fraction of sp³-hybridized carbons (Fsp3) is 0.500. The Bertz CT molecular complexity index is 581. The maximum Gasteiger partial charge on any atom is 0.253 e. The van der Waals surface area contributed by atoms with Crippen molar-refractivity contribution in [3.8, 4) is 11.8 Å². The van der Waals surface area contributed by atoms with Crippen molar-refractivity contribution in [2.45, 2.75) is 27.2 Å². The minimum Gasteiger partial charge on any atom is -0.338 e. The summed E-state index contributed by atoms with van der Waals surface area (Å²) in [6.45, 7) is 8.55. The molecule has 1 aliphatic rings. The molecule has 3 heteroatoms. The van der Waals surface area contributed by atoms with Crippen LogP contribution in [0, 0.1) is 30.6 Å². The second-order valence-electron chi connectivity index (χ2n) is 6.08. The summed E-state index contributed by atoms with van der Waals surface area (Å²) < 4.78 is 0. The maximum absolute atomic E-state index is 12.6. The molecule has 2 rings (SSSR count). The van der Waals surface area contributed by atoms with Crippen LogP contribution < -0.4 is 5.73 Å². The van der Waals surface area contributed by atoms with Crippen LogP contribution in [0.1, 0.15) is 41.8 Å². The van der Waals surface area contributed by atoms with Crippen molar-refractivity contribution in [2.75, 3.05) is 19.6 Å². The summed E-state index contributed by atoms with van der Waals surface area (Å²) in [6, 6.07) is 5.73. The zero-order valence-corrected chi connectivity index (χ0v) is 13.1. The van der Waals surface area contributed by atoms with Gasteiger partial charge < -0.3 is 10.6 Å². The van der Waals surface area contributed by atoms with Gasteiger partial charge in [0.2, 0.25) is 0 Å². The number of carbonyl (C=O) groups is 1. The molecule has 1 amide bonds. The molecule has 0 radical (unpaired) electrons. The van der Waals surface area contributed by atoms with Gasteiger partial charge in [0.15, 0.2) is 0 Å². The van der Waals surface area contributed by atoms with E-state index in [4.69, 9.17) is 5.73 Å². The van der Waals surface area contributed by atoms with E-state index in [2.05, 4.69) is 25.7 Å². The minimum atomic E-state index is 0.139. The van der Waals surface area contributed by atoms with Gasteiger partial charge in [-0.3, -0.25) is 4.79 Å². The molecule has 1 aliphatic heterocycles. The average molecular weight is 284 g/mol. The largest absolute Gasteiger partial charge is 0.338 e. The number of nitrogens with zero attached hydrogens (tertiary/aromatic N) is 1. The summed E-state index contributed by atoms with van der Waals surface area (Å²) in [5.41, 5.74) is 8.12. The highest BCUT2D eigenvalue weighted by Gasteiger charge is 2.28. The predicted octanol–water partition coefficient (Wildman–Crippen LogP) is 2.42. The fourth-order valence-corrected chi connectivity index (χ4v) is 2.78. The predicted molar refractivity (Wildman–Crippen MR) is 86.0 cm³/mol. The van der Waals surface area contributed by atoms with Crippen LogP contribution in [0.2, 0.25) is 0 Å². The molecule has 0 saturated carbocycles. The van der Waals surface area contributed by atoms with E-state index in [1.807, 2.05) is 30.0 Å². The normalized spacial score (nSPS) is 17.8. The third-order valence-electron chi connectivity index (χ3n) is 4.25. The van der Waals surface area contributed by atoms with Crippen LogP contribution in [-0.4, -0.2) is 30.4 Å². The van der Waals surface area contributed by atoms with Crippen molar-refractivity contribution < 1.29 is 4.79 Å². The molecule has 0 aromatic heterocycles. The molecule has 1 fully saturated rings. The molecule has 21 heavy (non-hydrogen) atoms. The molecule has 1 unspecified atom stereocenters. The van der Waals surface area contributed by atoms with Crippen molar-refractivity contribution in [3.05, 3.63) is 34.9 Å². The lowest BCUT2D eigenvalue weighted by Crippen LogP contribution is -2.29. The first-order chi connectivity index (χ1) is 10.0. The van der Waals surface area contributed by atoms with Crippen molar-refractivity contribution >= 4 is 5.91 Å². The molecule has 0 spiro atoms. The first-order valence-corrected chi connectivity index (χ1v) is 7.61. The van der Waals surface area contributed by atoms with E-state index in [1.165, 1.54) is 0 Å². The zero-order valence-electron chi connectivity index (χ0n) is 13.1. The molecular weight excluding hydrogens is 260 g/mol. The Morgan fingerprint density at radius 1 is 1.48 bits per heavy atom. The molecule has 3 nitrogen and oxygen atoms in total. The van der Waals surface area contributed by atoms with Crippen LogP contribution in [0.25, 0.3) is 0 Å².